The van der Waals surface area contributed by atoms with Gasteiger partial charge in [0.2, 0.25) is 5.91 Å². The van der Waals surface area contributed by atoms with Gasteiger partial charge in [-0.1, -0.05) is 0 Å². The molecule has 0 spiro atoms. The average molecular weight is 288 g/mol. The van der Waals surface area contributed by atoms with E-state index in [0.717, 1.165) is 5.56 Å². The molecule has 10 heteroatoms. The van der Waals surface area contributed by atoms with Crippen LogP contribution in [-0.2, 0) is 23.9 Å². The van der Waals surface area contributed by atoms with Crippen LogP contribution < -0.4 is 5.32 Å². The summed E-state index contributed by atoms with van der Waals surface area (Å²) >= 11 is 0. The third-order valence-corrected chi connectivity index (χ3v) is 2.43. The highest BCUT2D eigenvalue weighted by atomic mass is 19.4. The number of aryl methyl sites for hydroxylation is 1. The van der Waals surface area contributed by atoms with Crippen molar-refractivity contribution in [2.45, 2.75) is 25.6 Å². The van der Waals surface area contributed by atoms with Crippen LogP contribution in [0.15, 0.2) is 12.4 Å². The number of carbonyl (C=O) groups is 1. The molecule has 0 aliphatic carbocycles. The minimum Gasteiger partial charge on any atom is -0.349 e. The van der Waals surface area contributed by atoms with Crippen LogP contribution in [0.2, 0.25) is 0 Å². The zero-order valence-corrected chi connectivity index (χ0v) is 10.2. The summed E-state index contributed by atoms with van der Waals surface area (Å²) in [5.74, 6) is -1.59. The second kappa shape index (κ2) is 5.72. The standard InChI is InChI=1S/C10H11F3N6O/c11-10(12,13)9-17-7(18-19-9)5-14-8(20)2-1-6-3-15-16-4-6/h3-4H,1-2,5H2,(H,14,20)(H,15,16)(H,17,18,19). The topological polar surface area (TPSA) is 99.3 Å². The summed E-state index contributed by atoms with van der Waals surface area (Å²) < 4.78 is 36.7. The van der Waals surface area contributed by atoms with Gasteiger partial charge < -0.3 is 5.32 Å². The molecule has 1 amide bonds. The van der Waals surface area contributed by atoms with E-state index in [2.05, 4.69) is 30.7 Å². The Morgan fingerprint density at radius 2 is 2.20 bits per heavy atom. The quantitative estimate of drug-likeness (QED) is 0.757. The maximum atomic E-state index is 12.2. The average Bonchev–Trinajstić information content (AvgIpc) is 3.04. The monoisotopic (exact) mass is 288 g/mol. The van der Waals surface area contributed by atoms with Gasteiger partial charge in [0.25, 0.3) is 5.82 Å². The molecule has 2 aromatic rings. The summed E-state index contributed by atoms with van der Waals surface area (Å²) in [5, 5.41) is 14.0. The smallest absolute Gasteiger partial charge is 0.349 e. The Balaban J connectivity index is 1.77. The first-order chi connectivity index (χ1) is 9.45. The second-order valence-electron chi connectivity index (χ2n) is 3.99. The molecule has 3 N–H and O–H groups in total. The van der Waals surface area contributed by atoms with Crippen molar-refractivity contribution in [3.63, 3.8) is 0 Å². The van der Waals surface area contributed by atoms with Gasteiger partial charge in [-0.2, -0.15) is 18.3 Å². The van der Waals surface area contributed by atoms with Crippen molar-refractivity contribution in [1.29, 1.82) is 0 Å². The van der Waals surface area contributed by atoms with Crippen LogP contribution >= 0.6 is 0 Å². The number of hydrogen-bond donors (Lipinski definition) is 3. The van der Waals surface area contributed by atoms with E-state index < -0.39 is 12.0 Å². The molecule has 108 valence electrons. The molecule has 0 aliphatic rings. The normalized spacial score (nSPS) is 11.6. The Morgan fingerprint density at radius 1 is 1.40 bits per heavy atom. The molecule has 0 aromatic carbocycles. The number of carbonyl (C=O) groups excluding carboxylic acids is 1. The summed E-state index contributed by atoms with van der Waals surface area (Å²) in [6.07, 6.45) is -0.634. The first-order valence-corrected chi connectivity index (χ1v) is 5.68. The second-order valence-corrected chi connectivity index (χ2v) is 3.99. The Bertz CT molecular complexity index is 562. The summed E-state index contributed by atoms with van der Waals surface area (Å²) in [4.78, 5) is 14.7. The van der Waals surface area contributed by atoms with Crippen molar-refractivity contribution >= 4 is 5.91 Å². The molecule has 0 saturated heterocycles. The molecule has 2 heterocycles. The molecule has 0 bridgehead atoms. The van der Waals surface area contributed by atoms with Gasteiger partial charge in [0.1, 0.15) is 5.82 Å². The van der Waals surface area contributed by atoms with Crippen molar-refractivity contribution in [3.8, 4) is 0 Å². The van der Waals surface area contributed by atoms with Gasteiger partial charge in [-0.15, -0.1) is 5.10 Å². The fraction of sp³-hybridized carbons (Fsp3) is 0.400. The Kier molecular flexibility index (Phi) is 4.01. The lowest BCUT2D eigenvalue weighted by molar-refractivity contribution is -0.144. The number of nitrogens with zero attached hydrogens (tertiary/aromatic N) is 3. The highest BCUT2D eigenvalue weighted by Gasteiger charge is 2.35. The van der Waals surface area contributed by atoms with Crippen molar-refractivity contribution in [2.75, 3.05) is 0 Å². The van der Waals surface area contributed by atoms with E-state index in [0.29, 0.717) is 6.42 Å². The SMILES string of the molecule is O=C(CCc1cn[nH]c1)NCc1nc(C(F)(F)F)n[nH]1. The number of hydrogen-bond acceptors (Lipinski definition) is 4. The minimum atomic E-state index is -4.60. The fourth-order valence-electron chi connectivity index (χ4n) is 1.44. The third-order valence-electron chi connectivity index (χ3n) is 2.43. The predicted molar refractivity (Wildman–Crippen MR) is 60.1 cm³/mol. The molecular weight excluding hydrogens is 277 g/mol. The summed E-state index contributed by atoms with van der Waals surface area (Å²) in [7, 11) is 0. The zero-order valence-electron chi connectivity index (χ0n) is 10.2. The summed E-state index contributed by atoms with van der Waals surface area (Å²) in [5.41, 5.74) is 0.874. The van der Waals surface area contributed by atoms with Crippen molar-refractivity contribution in [1.82, 2.24) is 30.7 Å². The van der Waals surface area contributed by atoms with E-state index in [1.165, 1.54) is 0 Å². The van der Waals surface area contributed by atoms with Gasteiger partial charge in [-0.3, -0.25) is 15.0 Å². The molecule has 0 unspecified atom stereocenters. The molecule has 0 saturated carbocycles. The third kappa shape index (κ3) is 3.80. The maximum absolute atomic E-state index is 12.2. The maximum Gasteiger partial charge on any atom is 0.453 e. The lowest BCUT2D eigenvalue weighted by atomic mass is 10.2. The highest BCUT2D eigenvalue weighted by Crippen LogP contribution is 2.25. The van der Waals surface area contributed by atoms with Gasteiger partial charge in [-0.25, -0.2) is 4.98 Å². The first kappa shape index (κ1) is 14.0. The van der Waals surface area contributed by atoms with Crippen molar-refractivity contribution < 1.29 is 18.0 Å². The molecular formula is C10H11F3N6O. The van der Waals surface area contributed by atoms with Crippen LogP contribution in [0.5, 0.6) is 0 Å². The van der Waals surface area contributed by atoms with Crippen molar-refractivity contribution in [2.24, 2.45) is 0 Å². The number of aromatic nitrogens is 5. The number of rotatable bonds is 5. The number of aromatic amines is 2. The summed E-state index contributed by atoms with van der Waals surface area (Å²) in [6, 6.07) is 0. The number of H-pyrrole nitrogens is 2. The number of alkyl halides is 3. The van der Waals surface area contributed by atoms with Gasteiger partial charge in [0.15, 0.2) is 0 Å². The zero-order chi connectivity index (χ0) is 14.6. The molecule has 7 nitrogen and oxygen atoms in total. The molecule has 2 aromatic heterocycles. The van der Waals surface area contributed by atoms with Crippen molar-refractivity contribution in [3.05, 3.63) is 29.6 Å². The number of nitrogens with one attached hydrogen (secondary N) is 3. The van der Waals surface area contributed by atoms with E-state index in [-0.39, 0.29) is 24.7 Å². The van der Waals surface area contributed by atoms with E-state index in [1.54, 1.807) is 12.4 Å². The van der Waals surface area contributed by atoms with E-state index >= 15 is 0 Å². The highest BCUT2D eigenvalue weighted by molar-refractivity contribution is 5.76. The summed E-state index contributed by atoms with van der Waals surface area (Å²) in [6.45, 7) is -0.132. The van der Waals surface area contributed by atoms with Crippen LogP contribution in [-0.4, -0.2) is 31.3 Å². The van der Waals surface area contributed by atoms with Crippen LogP contribution in [0.1, 0.15) is 23.6 Å². The molecule has 20 heavy (non-hydrogen) atoms. The van der Waals surface area contributed by atoms with Crippen LogP contribution in [0, 0.1) is 0 Å². The van der Waals surface area contributed by atoms with Crippen LogP contribution in [0.25, 0.3) is 0 Å². The Labute approximate surface area is 111 Å². The van der Waals surface area contributed by atoms with Gasteiger partial charge in [0.05, 0.1) is 12.7 Å². The van der Waals surface area contributed by atoms with Gasteiger partial charge >= 0.3 is 6.18 Å². The lowest BCUT2D eigenvalue weighted by Gasteiger charge is -2.02. The first-order valence-electron chi connectivity index (χ1n) is 5.68. The molecule has 0 radical (unpaired) electrons. The largest absolute Gasteiger partial charge is 0.453 e. The molecule has 0 aliphatic heterocycles. The van der Waals surface area contributed by atoms with Gasteiger partial charge in [-0.05, 0) is 12.0 Å². The molecule has 0 atom stereocenters. The Hall–Kier alpha value is -2.39. The van der Waals surface area contributed by atoms with Crippen LogP contribution in [0.4, 0.5) is 13.2 Å². The number of amides is 1. The van der Waals surface area contributed by atoms with E-state index in [4.69, 9.17) is 0 Å². The number of halogens is 3. The Morgan fingerprint density at radius 3 is 2.80 bits per heavy atom. The minimum absolute atomic E-state index is 0.0472. The molecule has 2 rings (SSSR count). The lowest BCUT2D eigenvalue weighted by Crippen LogP contribution is -2.23. The molecule has 0 fully saturated rings. The van der Waals surface area contributed by atoms with Gasteiger partial charge in [0, 0.05) is 12.6 Å². The van der Waals surface area contributed by atoms with E-state index in [9.17, 15) is 18.0 Å². The predicted octanol–water partition coefficient (Wildman–Crippen LogP) is 0.796. The van der Waals surface area contributed by atoms with Crippen LogP contribution in [0.3, 0.4) is 0 Å². The van der Waals surface area contributed by atoms with E-state index in [1.807, 2.05) is 0 Å². The fourth-order valence-corrected chi connectivity index (χ4v) is 1.44.